The first-order valence-corrected chi connectivity index (χ1v) is 5.44. The number of nitrogens with two attached hydrogens (primary N) is 1. The van der Waals surface area contributed by atoms with Gasteiger partial charge in [0.15, 0.2) is 0 Å². The molecular formula is C12H20ClN3O. The van der Waals surface area contributed by atoms with Crippen molar-refractivity contribution in [2.75, 3.05) is 13.6 Å². The second-order valence-corrected chi connectivity index (χ2v) is 4.04. The highest BCUT2D eigenvalue weighted by atomic mass is 35.5. The lowest BCUT2D eigenvalue weighted by molar-refractivity contribution is -0.135. The van der Waals surface area contributed by atoms with Gasteiger partial charge in [-0.05, 0) is 24.6 Å². The highest BCUT2D eigenvalue weighted by Gasteiger charge is 2.21. The Balaban J connectivity index is 0.00000256. The standard InChI is InChI=1S/C12H19N3O.ClH/c1-9(8-13)12(16)15(3)10(2)11-4-6-14-7-5-11;/h4-7,9-10H,8,13H2,1-3H3;1H. The molecule has 0 fully saturated rings. The minimum absolute atomic E-state index is 0. The maximum Gasteiger partial charge on any atom is 0.226 e. The zero-order valence-electron chi connectivity index (χ0n) is 10.5. The SMILES string of the molecule is CC(CN)C(=O)N(C)C(C)c1ccncc1.Cl. The van der Waals surface area contributed by atoms with E-state index in [1.807, 2.05) is 26.0 Å². The molecule has 0 aromatic carbocycles. The molecule has 4 nitrogen and oxygen atoms in total. The summed E-state index contributed by atoms with van der Waals surface area (Å²) in [4.78, 5) is 17.6. The van der Waals surface area contributed by atoms with Gasteiger partial charge in [0.25, 0.3) is 0 Å². The van der Waals surface area contributed by atoms with Crippen LogP contribution in [0.1, 0.15) is 25.5 Å². The monoisotopic (exact) mass is 257 g/mol. The van der Waals surface area contributed by atoms with E-state index in [0.29, 0.717) is 6.54 Å². The minimum atomic E-state index is -0.130. The van der Waals surface area contributed by atoms with Crippen LogP contribution in [0.2, 0.25) is 0 Å². The van der Waals surface area contributed by atoms with E-state index in [1.165, 1.54) is 0 Å². The van der Waals surface area contributed by atoms with Crippen LogP contribution >= 0.6 is 12.4 Å². The summed E-state index contributed by atoms with van der Waals surface area (Å²) in [6.45, 7) is 4.22. The number of aromatic nitrogens is 1. The van der Waals surface area contributed by atoms with Crippen LogP contribution in [-0.4, -0.2) is 29.4 Å². The number of pyridine rings is 1. The second kappa shape index (κ2) is 7.25. The average molecular weight is 258 g/mol. The van der Waals surface area contributed by atoms with Crippen molar-refractivity contribution in [3.63, 3.8) is 0 Å². The van der Waals surface area contributed by atoms with Gasteiger partial charge in [0.1, 0.15) is 0 Å². The summed E-state index contributed by atoms with van der Waals surface area (Å²) in [5.41, 5.74) is 6.57. The number of hydrogen-bond donors (Lipinski definition) is 1. The van der Waals surface area contributed by atoms with E-state index in [4.69, 9.17) is 5.73 Å². The van der Waals surface area contributed by atoms with Gasteiger partial charge in [-0.25, -0.2) is 0 Å². The molecule has 0 saturated heterocycles. The van der Waals surface area contributed by atoms with Gasteiger partial charge in [0.2, 0.25) is 5.91 Å². The first-order valence-electron chi connectivity index (χ1n) is 5.44. The molecule has 0 aliphatic rings. The van der Waals surface area contributed by atoms with Gasteiger partial charge in [0.05, 0.1) is 6.04 Å². The molecule has 2 atom stereocenters. The fourth-order valence-corrected chi connectivity index (χ4v) is 1.50. The smallest absolute Gasteiger partial charge is 0.226 e. The third kappa shape index (κ3) is 3.98. The van der Waals surface area contributed by atoms with Gasteiger partial charge in [0, 0.05) is 31.9 Å². The zero-order valence-corrected chi connectivity index (χ0v) is 11.3. The summed E-state index contributed by atoms with van der Waals surface area (Å²) in [7, 11) is 1.81. The van der Waals surface area contributed by atoms with Crippen molar-refractivity contribution < 1.29 is 4.79 Å². The van der Waals surface area contributed by atoms with Crippen LogP contribution in [-0.2, 0) is 4.79 Å². The maximum atomic E-state index is 11.9. The molecule has 96 valence electrons. The molecule has 1 heterocycles. The predicted molar refractivity (Wildman–Crippen MR) is 70.9 cm³/mol. The van der Waals surface area contributed by atoms with Crippen molar-refractivity contribution in [1.29, 1.82) is 0 Å². The van der Waals surface area contributed by atoms with E-state index in [-0.39, 0.29) is 30.3 Å². The number of amides is 1. The number of carbonyl (C=O) groups is 1. The normalized spacial score (nSPS) is 13.4. The van der Waals surface area contributed by atoms with E-state index in [9.17, 15) is 4.79 Å². The molecule has 0 aliphatic carbocycles. The first-order chi connectivity index (χ1) is 7.57. The molecule has 1 aromatic heterocycles. The third-order valence-corrected chi connectivity index (χ3v) is 2.89. The van der Waals surface area contributed by atoms with E-state index >= 15 is 0 Å². The Morgan fingerprint density at radius 2 is 1.94 bits per heavy atom. The fraction of sp³-hybridized carbons (Fsp3) is 0.500. The molecule has 0 aliphatic heterocycles. The Bertz CT molecular complexity index is 345. The van der Waals surface area contributed by atoms with Gasteiger partial charge >= 0.3 is 0 Å². The number of halogens is 1. The summed E-state index contributed by atoms with van der Waals surface area (Å²) < 4.78 is 0. The predicted octanol–water partition coefficient (Wildman–Crippen LogP) is 1.62. The van der Waals surface area contributed by atoms with E-state index in [0.717, 1.165) is 5.56 Å². The van der Waals surface area contributed by atoms with Gasteiger partial charge in [-0.3, -0.25) is 9.78 Å². The molecule has 1 amide bonds. The molecule has 0 bridgehead atoms. The van der Waals surface area contributed by atoms with Crippen LogP contribution < -0.4 is 5.73 Å². The Morgan fingerprint density at radius 1 is 1.41 bits per heavy atom. The van der Waals surface area contributed by atoms with Crippen molar-refractivity contribution in [3.8, 4) is 0 Å². The van der Waals surface area contributed by atoms with Crippen LogP contribution in [0.5, 0.6) is 0 Å². The van der Waals surface area contributed by atoms with Gasteiger partial charge < -0.3 is 10.6 Å². The summed E-state index contributed by atoms with van der Waals surface area (Å²) in [5.74, 6) is -0.0545. The minimum Gasteiger partial charge on any atom is -0.339 e. The van der Waals surface area contributed by atoms with Crippen molar-refractivity contribution >= 4 is 18.3 Å². The van der Waals surface area contributed by atoms with Crippen LogP contribution in [0.3, 0.4) is 0 Å². The summed E-state index contributed by atoms with van der Waals surface area (Å²) in [6, 6.07) is 3.88. The largest absolute Gasteiger partial charge is 0.339 e. The molecule has 1 rings (SSSR count). The van der Waals surface area contributed by atoms with E-state index in [1.54, 1.807) is 24.3 Å². The number of hydrogen-bond acceptors (Lipinski definition) is 3. The lowest BCUT2D eigenvalue weighted by Crippen LogP contribution is -2.36. The topological polar surface area (TPSA) is 59.2 Å². The van der Waals surface area contributed by atoms with Gasteiger partial charge in [-0.2, -0.15) is 0 Å². The number of nitrogens with zero attached hydrogens (tertiary/aromatic N) is 2. The van der Waals surface area contributed by atoms with Crippen LogP contribution in [0.4, 0.5) is 0 Å². The van der Waals surface area contributed by atoms with E-state index < -0.39 is 0 Å². The molecule has 1 aromatic rings. The van der Waals surface area contributed by atoms with Crippen molar-refractivity contribution in [2.24, 2.45) is 11.7 Å². The van der Waals surface area contributed by atoms with Crippen molar-refractivity contribution in [2.45, 2.75) is 19.9 Å². The molecule has 0 spiro atoms. The van der Waals surface area contributed by atoms with Crippen LogP contribution in [0.15, 0.2) is 24.5 Å². The number of rotatable bonds is 4. The molecule has 17 heavy (non-hydrogen) atoms. The first kappa shape index (κ1) is 15.9. The second-order valence-electron chi connectivity index (χ2n) is 4.04. The molecule has 2 unspecified atom stereocenters. The van der Waals surface area contributed by atoms with Crippen molar-refractivity contribution in [1.82, 2.24) is 9.88 Å². The Morgan fingerprint density at radius 3 is 2.41 bits per heavy atom. The maximum absolute atomic E-state index is 11.9. The Hall–Kier alpha value is -1.13. The lowest BCUT2D eigenvalue weighted by Gasteiger charge is -2.27. The highest BCUT2D eigenvalue weighted by Crippen LogP contribution is 2.19. The average Bonchev–Trinajstić information content (AvgIpc) is 2.36. The summed E-state index contributed by atoms with van der Waals surface area (Å²) in [6.07, 6.45) is 3.47. The van der Waals surface area contributed by atoms with Crippen molar-refractivity contribution in [3.05, 3.63) is 30.1 Å². The summed E-state index contributed by atoms with van der Waals surface area (Å²) in [5, 5.41) is 0. The zero-order chi connectivity index (χ0) is 12.1. The molecule has 5 heteroatoms. The Kier molecular flexibility index (Phi) is 6.76. The number of carbonyl (C=O) groups excluding carboxylic acids is 1. The Labute approximate surface area is 109 Å². The molecule has 2 N–H and O–H groups in total. The molecule has 0 radical (unpaired) electrons. The third-order valence-electron chi connectivity index (χ3n) is 2.89. The fourth-order valence-electron chi connectivity index (χ4n) is 1.50. The summed E-state index contributed by atoms with van der Waals surface area (Å²) >= 11 is 0. The quantitative estimate of drug-likeness (QED) is 0.892. The van der Waals surface area contributed by atoms with Gasteiger partial charge in [-0.1, -0.05) is 6.92 Å². The lowest BCUT2D eigenvalue weighted by atomic mass is 10.1. The van der Waals surface area contributed by atoms with Crippen LogP contribution in [0, 0.1) is 5.92 Å². The van der Waals surface area contributed by atoms with Crippen LogP contribution in [0.25, 0.3) is 0 Å². The molecule has 0 saturated carbocycles. The van der Waals surface area contributed by atoms with Gasteiger partial charge in [-0.15, -0.1) is 12.4 Å². The highest BCUT2D eigenvalue weighted by molar-refractivity contribution is 5.85. The molecular weight excluding hydrogens is 238 g/mol. The van der Waals surface area contributed by atoms with E-state index in [2.05, 4.69) is 4.98 Å².